The van der Waals surface area contributed by atoms with E-state index in [4.69, 9.17) is 0 Å². The van der Waals surface area contributed by atoms with Gasteiger partial charge in [0.05, 0.1) is 5.92 Å². The monoisotopic (exact) mass is 413 g/mol. The van der Waals surface area contributed by atoms with E-state index in [1.807, 2.05) is 36.6 Å². The molecule has 152 valence electrons. The Bertz CT molecular complexity index is 913. The maximum Gasteiger partial charge on any atom is 0.229 e. The van der Waals surface area contributed by atoms with Crippen LogP contribution in [0.3, 0.4) is 0 Å². The number of nitrogens with one attached hydrogen (secondary N) is 1. The van der Waals surface area contributed by atoms with E-state index < -0.39 is 5.92 Å². The van der Waals surface area contributed by atoms with Gasteiger partial charge in [0.2, 0.25) is 11.8 Å². The summed E-state index contributed by atoms with van der Waals surface area (Å²) in [5, 5.41) is 2.81. The highest BCUT2D eigenvalue weighted by molar-refractivity contribution is 7.98. The third kappa shape index (κ3) is 4.40. The van der Waals surface area contributed by atoms with Crippen LogP contribution in [0.2, 0.25) is 0 Å². The summed E-state index contributed by atoms with van der Waals surface area (Å²) in [4.78, 5) is 30.1. The summed E-state index contributed by atoms with van der Waals surface area (Å²) in [6, 6.07) is 12.4. The largest absolute Gasteiger partial charge is 0.371 e. The molecule has 29 heavy (non-hydrogen) atoms. The van der Waals surface area contributed by atoms with Crippen LogP contribution in [0.15, 0.2) is 47.4 Å². The molecule has 4 rings (SSSR count). The van der Waals surface area contributed by atoms with Crippen molar-refractivity contribution in [2.75, 3.05) is 41.0 Å². The van der Waals surface area contributed by atoms with Crippen LogP contribution in [-0.2, 0) is 9.59 Å². The van der Waals surface area contributed by atoms with Crippen molar-refractivity contribution < 1.29 is 14.0 Å². The Morgan fingerprint density at radius 2 is 1.83 bits per heavy atom. The van der Waals surface area contributed by atoms with E-state index in [9.17, 15) is 14.0 Å². The second kappa shape index (κ2) is 8.45. The fraction of sp³-hybridized carbons (Fsp3) is 0.364. The highest BCUT2D eigenvalue weighted by Crippen LogP contribution is 2.29. The van der Waals surface area contributed by atoms with Crippen molar-refractivity contribution in [2.45, 2.75) is 24.2 Å². The first-order valence-electron chi connectivity index (χ1n) is 9.84. The molecule has 2 saturated heterocycles. The fourth-order valence-corrected chi connectivity index (χ4v) is 4.35. The van der Waals surface area contributed by atoms with E-state index in [0.717, 1.165) is 42.2 Å². The lowest BCUT2D eigenvalue weighted by atomic mass is 10.1. The Labute approximate surface area is 174 Å². The van der Waals surface area contributed by atoms with Gasteiger partial charge in [-0.1, -0.05) is 0 Å². The molecule has 2 aliphatic heterocycles. The van der Waals surface area contributed by atoms with Crippen molar-refractivity contribution in [3.8, 4) is 0 Å². The molecule has 2 aliphatic rings. The van der Waals surface area contributed by atoms with Gasteiger partial charge in [-0.15, -0.1) is 11.8 Å². The Hall–Kier alpha value is -2.54. The second-order valence-corrected chi connectivity index (χ2v) is 8.36. The van der Waals surface area contributed by atoms with Crippen LogP contribution in [0.5, 0.6) is 0 Å². The molecule has 0 aromatic heterocycles. The van der Waals surface area contributed by atoms with Crippen molar-refractivity contribution in [1.82, 2.24) is 0 Å². The summed E-state index contributed by atoms with van der Waals surface area (Å²) in [5.41, 5.74) is 2.02. The van der Waals surface area contributed by atoms with E-state index in [0.29, 0.717) is 12.2 Å². The summed E-state index contributed by atoms with van der Waals surface area (Å²) in [7, 11) is 0. The van der Waals surface area contributed by atoms with Crippen molar-refractivity contribution >= 4 is 40.6 Å². The molecule has 1 N–H and O–H groups in total. The highest BCUT2D eigenvalue weighted by Gasteiger charge is 2.35. The second-order valence-electron chi connectivity index (χ2n) is 7.48. The summed E-state index contributed by atoms with van der Waals surface area (Å²) < 4.78 is 14.1. The minimum absolute atomic E-state index is 0.0703. The highest BCUT2D eigenvalue weighted by atomic mass is 32.2. The van der Waals surface area contributed by atoms with Gasteiger partial charge in [0.25, 0.3) is 0 Å². The maximum absolute atomic E-state index is 14.1. The van der Waals surface area contributed by atoms with Crippen molar-refractivity contribution in [3.63, 3.8) is 0 Å². The summed E-state index contributed by atoms with van der Waals surface area (Å²) in [6.45, 7) is 2.13. The van der Waals surface area contributed by atoms with Gasteiger partial charge in [-0.05, 0) is 61.6 Å². The third-order valence-corrected chi connectivity index (χ3v) is 6.24. The lowest BCUT2D eigenvalue weighted by Gasteiger charge is -2.19. The summed E-state index contributed by atoms with van der Waals surface area (Å²) in [5.74, 6) is -1.15. The molecule has 0 spiro atoms. The molecule has 1 unspecified atom stereocenters. The number of nitrogens with zero attached hydrogens (tertiary/aromatic N) is 2. The molecule has 5 nitrogen and oxygen atoms in total. The average Bonchev–Trinajstić information content (AvgIpc) is 3.38. The number of carbonyl (C=O) groups excluding carboxylic acids is 2. The fourth-order valence-electron chi connectivity index (χ4n) is 3.94. The number of hydrogen-bond acceptors (Lipinski definition) is 4. The normalized spacial score (nSPS) is 19.1. The minimum atomic E-state index is -0.457. The van der Waals surface area contributed by atoms with Crippen LogP contribution >= 0.6 is 11.8 Å². The molecule has 7 heteroatoms. The maximum atomic E-state index is 14.1. The zero-order chi connectivity index (χ0) is 20.4. The van der Waals surface area contributed by atoms with Gasteiger partial charge >= 0.3 is 0 Å². The molecule has 0 bridgehead atoms. The quantitative estimate of drug-likeness (QED) is 0.749. The van der Waals surface area contributed by atoms with Crippen LogP contribution < -0.4 is 15.1 Å². The SMILES string of the molecule is CSc1ccc(N2CC(C(=O)Nc3cc(F)cc(N4CCCC4)c3)CC2=O)cc1. The van der Waals surface area contributed by atoms with Gasteiger partial charge < -0.3 is 15.1 Å². The minimum Gasteiger partial charge on any atom is -0.371 e. The van der Waals surface area contributed by atoms with Crippen LogP contribution in [-0.4, -0.2) is 37.7 Å². The van der Waals surface area contributed by atoms with Crippen LogP contribution in [0.1, 0.15) is 19.3 Å². The number of amides is 2. The van der Waals surface area contributed by atoms with Crippen molar-refractivity contribution in [3.05, 3.63) is 48.3 Å². The van der Waals surface area contributed by atoms with Gasteiger partial charge in [-0.25, -0.2) is 4.39 Å². The van der Waals surface area contributed by atoms with Gasteiger partial charge in [0.15, 0.2) is 0 Å². The van der Waals surface area contributed by atoms with E-state index in [1.54, 1.807) is 16.7 Å². The molecule has 2 aromatic rings. The third-order valence-electron chi connectivity index (χ3n) is 5.50. The van der Waals surface area contributed by atoms with E-state index in [1.165, 1.54) is 12.1 Å². The van der Waals surface area contributed by atoms with Gasteiger partial charge in [0.1, 0.15) is 5.82 Å². The summed E-state index contributed by atoms with van der Waals surface area (Å²) in [6.07, 6.45) is 4.34. The number of anilines is 3. The number of rotatable bonds is 5. The van der Waals surface area contributed by atoms with Crippen LogP contribution in [0, 0.1) is 11.7 Å². The van der Waals surface area contributed by atoms with Crippen LogP contribution in [0.4, 0.5) is 21.5 Å². The number of thioether (sulfide) groups is 1. The molecule has 0 radical (unpaired) electrons. The number of halogens is 1. The predicted octanol–water partition coefficient (Wildman–Crippen LogP) is 4.14. The topological polar surface area (TPSA) is 52.7 Å². The Balaban J connectivity index is 1.44. The lowest BCUT2D eigenvalue weighted by molar-refractivity contribution is -0.122. The molecule has 2 fully saturated rings. The Morgan fingerprint density at radius 3 is 2.52 bits per heavy atom. The van der Waals surface area contributed by atoms with E-state index in [-0.39, 0.29) is 24.1 Å². The van der Waals surface area contributed by atoms with Gasteiger partial charge in [-0.2, -0.15) is 0 Å². The smallest absolute Gasteiger partial charge is 0.229 e. The number of carbonyl (C=O) groups is 2. The number of hydrogen-bond donors (Lipinski definition) is 1. The molecular weight excluding hydrogens is 389 g/mol. The molecule has 2 aromatic carbocycles. The molecular formula is C22H24FN3O2S. The van der Waals surface area contributed by atoms with E-state index in [2.05, 4.69) is 10.2 Å². The first-order chi connectivity index (χ1) is 14.0. The van der Waals surface area contributed by atoms with E-state index >= 15 is 0 Å². The Morgan fingerprint density at radius 1 is 1.10 bits per heavy atom. The molecule has 2 heterocycles. The Kier molecular flexibility index (Phi) is 5.76. The first-order valence-corrected chi connectivity index (χ1v) is 11.1. The van der Waals surface area contributed by atoms with Gasteiger partial charge in [0, 0.05) is 48.0 Å². The molecule has 1 atom stereocenters. The summed E-state index contributed by atoms with van der Waals surface area (Å²) >= 11 is 1.64. The van der Waals surface area contributed by atoms with Crippen molar-refractivity contribution in [1.29, 1.82) is 0 Å². The first kappa shape index (κ1) is 19.8. The average molecular weight is 414 g/mol. The lowest BCUT2D eigenvalue weighted by Crippen LogP contribution is -2.28. The zero-order valence-electron chi connectivity index (χ0n) is 16.4. The predicted molar refractivity (Wildman–Crippen MR) is 115 cm³/mol. The number of benzene rings is 2. The molecule has 0 aliphatic carbocycles. The van der Waals surface area contributed by atoms with Crippen LogP contribution in [0.25, 0.3) is 0 Å². The molecule has 2 amide bonds. The molecule has 0 saturated carbocycles. The van der Waals surface area contributed by atoms with Crippen molar-refractivity contribution in [2.24, 2.45) is 5.92 Å². The standard InChI is InChI=1S/C22H24FN3O2S/c1-29-20-6-4-18(5-7-20)26-14-15(10-21(26)27)22(28)24-17-11-16(23)12-19(13-17)25-8-2-3-9-25/h4-7,11-13,15H,2-3,8-10,14H2,1H3,(H,24,28). The zero-order valence-corrected chi connectivity index (χ0v) is 17.2. The van der Waals surface area contributed by atoms with Gasteiger partial charge in [-0.3, -0.25) is 9.59 Å².